The van der Waals surface area contributed by atoms with Gasteiger partial charge in [0.25, 0.3) is 0 Å². The third-order valence-electron chi connectivity index (χ3n) is 2.65. The summed E-state index contributed by atoms with van der Waals surface area (Å²) in [5, 5.41) is 1.98. The van der Waals surface area contributed by atoms with E-state index in [9.17, 15) is 4.79 Å². The molecule has 0 spiro atoms. The van der Waals surface area contributed by atoms with Gasteiger partial charge in [0, 0.05) is 22.0 Å². The number of nitrogen functional groups attached to an aromatic ring is 1. The van der Waals surface area contributed by atoms with E-state index in [1.54, 1.807) is 23.6 Å². The Morgan fingerprint density at radius 1 is 1.53 bits per heavy atom. The summed E-state index contributed by atoms with van der Waals surface area (Å²) in [6, 6.07) is 3.60. The molecule has 2 rings (SSSR count). The molecule has 0 aliphatic rings. The number of hydrogen-bond acceptors (Lipinski definition) is 5. The van der Waals surface area contributed by atoms with Crippen molar-refractivity contribution in [1.82, 2.24) is 4.98 Å². The van der Waals surface area contributed by atoms with Crippen molar-refractivity contribution in [3.63, 3.8) is 0 Å². The minimum Gasteiger partial charge on any atom is -0.462 e. The SMILES string of the molecule is CCCOC(=O)c1ccnc(-c2csc(C)c2)c1N. The molecule has 0 aliphatic heterocycles. The van der Waals surface area contributed by atoms with Crippen molar-refractivity contribution in [2.75, 3.05) is 12.3 Å². The molecule has 0 amide bonds. The van der Waals surface area contributed by atoms with Crippen molar-refractivity contribution in [1.29, 1.82) is 0 Å². The van der Waals surface area contributed by atoms with Crippen LogP contribution < -0.4 is 5.73 Å². The largest absolute Gasteiger partial charge is 0.462 e. The van der Waals surface area contributed by atoms with Crippen LogP contribution >= 0.6 is 11.3 Å². The van der Waals surface area contributed by atoms with Gasteiger partial charge in [-0.25, -0.2) is 4.79 Å². The summed E-state index contributed by atoms with van der Waals surface area (Å²) in [6.45, 7) is 4.36. The number of thiophene rings is 1. The summed E-state index contributed by atoms with van der Waals surface area (Å²) in [6.07, 6.45) is 2.37. The van der Waals surface area contributed by atoms with Gasteiger partial charge < -0.3 is 10.5 Å². The average Bonchev–Trinajstić information content (AvgIpc) is 2.82. The van der Waals surface area contributed by atoms with E-state index in [1.807, 2.05) is 25.3 Å². The molecule has 0 saturated heterocycles. The third-order valence-corrected chi connectivity index (χ3v) is 3.51. The number of ether oxygens (including phenoxy) is 1. The molecular formula is C14H16N2O2S. The third kappa shape index (κ3) is 2.93. The number of carbonyl (C=O) groups is 1. The van der Waals surface area contributed by atoms with Crippen molar-refractivity contribution < 1.29 is 9.53 Å². The van der Waals surface area contributed by atoms with E-state index in [2.05, 4.69) is 4.98 Å². The first-order valence-corrected chi connectivity index (χ1v) is 6.98. The van der Waals surface area contributed by atoms with Crippen molar-refractivity contribution in [2.24, 2.45) is 0 Å². The molecule has 0 bridgehead atoms. The highest BCUT2D eigenvalue weighted by Crippen LogP contribution is 2.30. The summed E-state index contributed by atoms with van der Waals surface area (Å²) in [5.41, 5.74) is 8.36. The molecule has 0 fully saturated rings. The van der Waals surface area contributed by atoms with E-state index in [0.29, 0.717) is 23.6 Å². The van der Waals surface area contributed by atoms with Gasteiger partial charge in [-0.05, 0) is 25.5 Å². The van der Waals surface area contributed by atoms with Crippen molar-refractivity contribution in [3.8, 4) is 11.3 Å². The summed E-state index contributed by atoms with van der Waals surface area (Å²) in [7, 11) is 0. The fourth-order valence-corrected chi connectivity index (χ4v) is 2.41. The topological polar surface area (TPSA) is 65.2 Å². The molecule has 5 heteroatoms. The van der Waals surface area contributed by atoms with E-state index in [0.717, 1.165) is 12.0 Å². The molecule has 0 atom stereocenters. The van der Waals surface area contributed by atoms with Crippen molar-refractivity contribution in [2.45, 2.75) is 20.3 Å². The van der Waals surface area contributed by atoms with Crippen LogP contribution in [0.5, 0.6) is 0 Å². The van der Waals surface area contributed by atoms with Gasteiger partial charge in [0.05, 0.1) is 23.6 Å². The Kier molecular flexibility index (Phi) is 4.16. The second kappa shape index (κ2) is 5.84. The van der Waals surface area contributed by atoms with Gasteiger partial charge in [-0.3, -0.25) is 4.98 Å². The molecule has 19 heavy (non-hydrogen) atoms. The van der Waals surface area contributed by atoms with Gasteiger partial charge in [0.15, 0.2) is 0 Å². The van der Waals surface area contributed by atoms with E-state index in [1.165, 1.54) is 4.88 Å². The Labute approximate surface area is 116 Å². The Bertz CT molecular complexity index is 593. The zero-order valence-electron chi connectivity index (χ0n) is 11.0. The molecule has 0 saturated carbocycles. The molecule has 2 N–H and O–H groups in total. The highest BCUT2D eigenvalue weighted by atomic mass is 32.1. The molecule has 2 aromatic heterocycles. The number of pyridine rings is 1. The first-order valence-electron chi connectivity index (χ1n) is 6.10. The van der Waals surface area contributed by atoms with Crippen LogP contribution in [-0.2, 0) is 4.74 Å². The molecular weight excluding hydrogens is 260 g/mol. The van der Waals surface area contributed by atoms with Crippen LogP contribution in [0.1, 0.15) is 28.6 Å². The smallest absolute Gasteiger partial charge is 0.340 e. The number of rotatable bonds is 4. The Morgan fingerprint density at radius 2 is 2.32 bits per heavy atom. The number of aryl methyl sites for hydroxylation is 1. The molecule has 0 unspecified atom stereocenters. The lowest BCUT2D eigenvalue weighted by atomic mass is 10.1. The standard InChI is InChI=1S/C14H16N2O2S/c1-3-6-18-14(17)11-4-5-16-13(12(11)15)10-7-9(2)19-8-10/h4-5,7-8H,3,6,15H2,1-2H3. The number of nitrogens with zero attached hydrogens (tertiary/aromatic N) is 1. The number of aromatic nitrogens is 1. The molecule has 0 radical (unpaired) electrons. The zero-order valence-corrected chi connectivity index (χ0v) is 11.8. The number of esters is 1. The second-order valence-corrected chi connectivity index (χ2v) is 5.32. The van der Waals surface area contributed by atoms with Crippen LogP contribution in [0.4, 0.5) is 5.69 Å². The van der Waals surface area contributed by atoms with Gasteiger partial charge >= 0.3 is 5.97 Å². The van der Waals surface area contributed by atoms with Gasteiger partial charge in [-0.15, -0.1) is 11.3 Å². The van der Waals surface area contributed by atoms with Gasteiger partial charge in [0.1, 0.15) is 0 Å². The maximum Gasteiger partial charge on any atom is 0.340 e. The summed E-state index contributed by atoms with van der Waals surface area (Å²) >= 11 is 1.62. The van der Waals surface area contributed by atoms with E-state index in [4.69, 9.17) is 10.5 Å². The fourth-order valence-electron chi connectivity index (χ4n) is 1.72. The van der Waals surface area contributed by atoms with Crippen LogP contribution in [0.2, 0.25) is 0 Å². The number of carbonyl (C=O) groups excluding carboxylic acids is 1. The molecule has 0 aliphatic carbocycles. The zero-order chi connectivity index (χ0) is 13.8. The quantitative estimate of drug-likeness (QED) is 0.870. The Morgan fingerprint density at radius 3 is 2.95 bits per heavy atom. The lowest BCUT2D eigenvalue weighted by molar-refractivity contribution is 0.0506. The fraction of sp³-hybridized carbons (Fsp3) is 0.286. The Hall–Kier alpha value is -1.88. The van der Waals surface area contributed by atoms with Gasteiger partial charge in [-0.1, -0.05) is 6.92 Å². The minimum absolute atomic E-state index is 0.376. The highest BCUT2D eigenvalue weighted by Gasteiger charge is 2.16. The normalized spacial score (nSPS) is 10.4. The highest BCUT2D eigenvalue weighted by molar-refractivity contribution is 7.10. The van der Waals surface area contributed by atoms with Crippen LogP contribution in [-0.4, -0.2) is 17.6 Å². The summed E-state index contributed by atoms with van der Waals surface area (Å²) < 4.78 is 5.11. The maximum absolute atomic E-state index is 11.9. The molecule has 4 nitrogen and oxygen atoms in total. The number of nitrogens with two attached hydrogens (primary N) is 1. The van der Waals surface area contributed by atoms with Gasteiger partial charge in [0.2, 0.25) is 0 Å². The van der Waals surface area contributed by atoms with E-state index < -0.39 is 5.97 Å². The van der Waals surface area contributed by atoms with E-state index >= 15 is 0 Å². The van der Waals surface area contributed by atoms with Gasteiger partial charge in [-0.2, -0.15) is 0 Å². The lowest BCUT2D eigenvalue weighted by Gasteiger charge is -2.08. The second-order valence-electron chi connectivity index (χ2n) is 4.20. The first-order chi connectivity index (χ1) is 9.13. The van der Waals surface area contributed by atoms with Crippen molar-refractivity contribution in [3.05, 3.63) is 34.2 Å². The Balaban J connectivity index is 2.35. The molecule has 100 valence electrons. The molecule has 0 aromatic carbocycles. The lowest BCUT2D eigenvalue weighted by Crippen LogP contribution is -2.10. The summed E-state index contributed by atoms with van der Waals surface area (Å²) in [4.78, 5) is 17.3. The monoisotopic (exact) mass is 276 g/mol. The average molecular weight is 276 g/mol. The van der Waals surface area contributed by atoms with Crippen LogP contribution in [0.25, 0.3) is 11.3 Å². The number of anilines is 1. The number of hydrogen-bond donors (Lipinski definition) is 1. The summed E-state index contributed by atoms with van der Waals surface area (Å²) in [5.74, 6) is -0.394. The van der Waals surface area contributed by atoms with Crippen molar-refractivity contribution >= 4 is 23.0 Å². The first kappa shape index (κ1) is 13.5. The predicted octanol–water partition coefficient (Wildman–Crippen LogP) is 3.27. The van der Waals surface area contributed by atoms with Crippen LogP contribution in [0.3, 0.4) is 0 Å². The maximum atomic E-state index is 11.9. The molecule has 2 heterocycles. The van der Waals surface area contributed by atoms with Crippen LogP contribution in [0, 0.1) is 6.92 Å². The minimum atomic E-state index is -0.394. The molecule has 2 aromatic rings. The predicted molar refractivity (Wildman–Crippen MR) is 77.3 cm³/mol. The van der Waals surface area contributed by atoms with Crippen LogP contribution in [0.15, 0.2) is 23.7 Å². The van der Waals surface area contributed by atoms with E-state index in [-0.39, 0.29) is 0 Å².